The van der Waals surface area contributed by atoms with Gasteiger partial charge >= 0.3 is 5.97 Å². The van der Waals surface area contributed by atoms with Crippen molar-refractivity contribution in [2.24, 2.45) is 0 Å². The Bertz CT molecular complexity index is 623. The minimum absolute atomic E-state index is 0.0560. The number of halogens is 1. The zero-order chi connectivity index (χ0) is 14.0. The van der Waals surface area contributed by atoms with Crippen LogP contribution in [0.2, 0.25) is 0 Å². The second-order valence-corrected chi connectivity index (χ2v) is 5.31. The van der Waals surface area contributed by atoms with Gasteiger partial charge in [-0.25, -0.2) is 4.79 Å². The fourth-order valence-electron chi connectivity index (χ4n) is 1.64. The van der Waals surface area contributed by atoms with Gasteiger partial charge in [-0.1, -0.05) is 0 Å². The highest BCUT2D eigenvalue weighted by Crippen LogP contribution is 2.28. The summed E-state index contributed by atoms with van der Waals surface area (Å²) in [6, 6.07) is 10.6. The van der Waals surface area contributed by atoms with E-state index in [1.165, 1.54) is 6.07 Å². The van der Waals surface area contributed by atoms with Gasteiger partial charge in [0.1, 0.15) is 11.5 Å². The van der Waals surface area contributed by atoms with Crippen molar-refractivity contribution in [1.29, 1.82) is 0 Å². The molecular weight excluding hydrogens is 357 g/mol. The Morgan fingerprint density at radius 2 is 1.84 bits per heavy atom. The lowest BCUT2D eigenvalue weighted by atomic mass is 10.1. The Hall–Kier alpha value is -1.76. The highest BCUT2D eigenvalue weighted by Gasteiger charge is 2.12. The molecule has 19 heavy (non-hydrogen) atoms. The third-order valence-corrected chi connectivity index (χ3v) is 3.36. The maximum atomic E-state index is 11.1. The number of carbonyl (C=O) groups is 1. The van der Waals surface area contributed by atoms with Crippen molar-refractivity contribution >= 4 is 34.2 Å². The molecule has 0 saturated heterocycles. The number of benzene rings is 2. The van der Waals surface area contributed by atoms with Gasteiger partial charge in [-0.05, 0) is 71.5 Å². The van der Waals surface area contributed by atoms with E-state index in [9.17, 15) is 4.79 Å². The molecule has 0 saturated carbocycles. The van der Waals surface area contributed by atoms with Crippen molar-refractivity contribution in [3.8, 4) is 11.5 Å². The van der Waals surface area contributed by atoms with Crippen molar-refractivity contribution in [2.45, 2.75) is 6.92 Å². The maximum absolute atomic E-state index is 11.1. The van der Waals surface area contributed by atoms with E-state index in [0.29, 0.717) is 17.1 Å². The van der Waals surface area contributed by atoms with Gasteiger partial charge in [-0.3, -0.25) is 0 Å². The molecule has 5 heteroatoms. The minimum atomic E-state index is -1.06. The summed E-state index contributed by atoms with van der Waals surface area (Å²) in [7, 11) is 0. The van der Waals surface area contributed by atoms with Gasteiger partial charge in [0, 0.05) is 9.26 Å². The van der Waals surface area contributed by atoms with Gasteiger partial charge in [0.15, 0.2) is 0 Å². The molecule has 0 aromatic heterocycles. The summed E-state index contributed by atoms with van der Waals surface area (Å²) in [4.78, 5) is 11.1. The van der Waals surface area contributed by atoms with Crippen LogP contribution in [0, 0.1) is 10.5 Å². The number of nitrogen functional groups attached to an aromatic ring is 1. The lowest BCUT2D eigenvalue weighted by Crippen LogP contribution is -2.04. The largest absolute Gasteiger partial charge is 0.478 e. The third-order valence-electron chi connectivity index (χ3n) is 2.64. The van der Waals surface area contributed by atoms with Crippen molar-refractivity contribution in [2.75, 3.05) is 5.73 Å². The van der Waals surface area contributed by atoms with E-state index in [0.717, 1.165) is 3.57 Å². The molecule has 2 rings (SSSR count). The minimum Gasteiger partial charge on any atom is -0.478 e. The summed E-state index contributed by atoms with van der Waals surface area (Å²) < 4.78 is 6.74. The standard InChI is InChI=1S/C14H12INO3/c1-8-6-11(7-12(13(8)16)14(17)18)19-10-4-2-9(15)3-5-10/h2-7H,16H2,1H3,(H,17,18). The van der Waals surface area contributed by atoms with Gasteiger partial charge in [-0.2, -0.15) is 0 Å². The molecule has 2 aromatic rings. The Morgan fingerprint density at radius 3 is 2.42 bits per heavy atom. The van der Waals surface area contributed by atoms with E-state index in [1.54, 1.807) is 13.0 Å². The summed E-state index contributed by atoms with van der Waals surface area (Å²) >= 11 is 2.20. The molecule has 0 aliphatic heterocycles. The predicted octanol–water partition coefficient (Wildman–Crippen LogP) is 3.67. The van der Waals surface area contributed by atoms with Crippen LogP contribution in [0.1, 0.15) is 15.9 Å². The van der Waals surface area contributed by atoms with Crippen LogP contribution in [0.4, 0.5) is 5.69 Å². The van der Waals surface area contributed by atoms with E-state index in [-0.39, 0.29) is 11.3 Å². The number of carboxylic acids is 1. The zero-order valence-corrected chi connectivity index (χ0v) is 12.3. The fourth-order valence-corrected chi connectivity index (χ4v) is 2.00. The SMILES string of the molecule is Cc1cc(Oc2ccc(I)cc2)cc(C(=O)O)c1N. The maximum Gasteiger partial charge on any atom is 0.337 e. The molecule has 0 fully saturated rings. The second-order valence-electron chi connectivity index (χ2n) is 4.06. The Morgan fingerprint density at radius 1 is 1.21 bits per heavy atom. The van der Waals surface area contributed by atoms with Crippen LogP contribution < -0.4 is 10.5 Å². The Kier molecular flexibility index (Phi) is 3.94. The third kappa shape index (κ3) is 3.17. The fraction of sp³-hybridized carbons (Fsp3) is 0.0714. The van der Waals surface area contributed by atoms with E-state index >= 15 is 0 Å². The van der Waals surface area contributed by atoms with Crippen molar-refractivity contribution in [1.82, 2.24) is 0 Å². The number of hydrogen-bond acceptors (Lipinski definition) is 3. The smallest absolute Gasteiger partial charge is 0.337 e. The van der Waals surface area contributed by atoms with Crippen LogP contribution in [-0.2, 0) is 0 Å². The quantitative estimate of drug-likeness (QED) is 0.640. The normalized spacial score (nSPS) is 10.2. The molecule has 0 heterocycles. The molecule has 0 radical (unpaired) electrons. The molecule has 0 aliphatic rings. The molecule has 0 spiro atoms. The monoisotopic (exact) mass is 369 g/mol. The Labute approximate surface area is 124 Å². The van der Waals surface area contributed by atoms with Crippen molar-refractivity contribution in [3.05, 3.63) is 51.1 Å². The Balaban J connectivity index is 2.35. The van der Waals surface area contributed by atoms with Crippen molar-refractivity contribution in [3.63, 3.8) is 0 Å². The molecule has 0 aliphatic carbocycles. The summed E-state index contributed by atoms with van der Waals surface area (Å²) in [5, 5.41) is 9.08. The zero-order valence-electron chi connectivity index (χ0n) is 10.2. The van der Waals surface area contributed by atoms with E-state index in [4.69, 9.17) is 15.6 Å². The van der Waals surface area contributed by atoms with E-state index < -0.39 is 5.97 Å². The number of rotatable bonds is 3. The number of hydrogen-bond donors (Lipinski definition) is 2. The summed E-state index contributed by atoms with van der Waals surface area (Å²) in [5.74, 6) is 0.0555. The molecule has 0 bridgehead atoms. The van der Waals surface area contributed by atoms with Gasteiger partial charge < -0.3 is 15.6 Å². The average Bonchev–Trinajstić information content (AvgIpc) is 2.36. The highest BCUT2D eigenvalue weighted by atomic mass is 127. The summed E-state index contributed by atoms with van der Waals surface area (Å²) in [6.45, 7) is 1.75. The van der Waals surface area contributed by atoms with Gasteiger partial charge in [0.05, 0.1) is 5.56 Å². The molecule has 0 amide bonds. The van der Waals surface area contributed by atoms with Crippen LogP contribution in [0.15, 0.2) is 36.4 Å². The summed E-state index contributed by atoms with van der Waals surface area (Å²) in [6.07, 6.45) is 0. The van der Waals surface area contributed by atoms with Crippen LogP contribution in [0.25, 0.3) is 0 Å². The molecule has 2 aromatic carbocycles. The predicted molar refractivity (Wildman–Crippen MR) is 81.8 cm³/mol. The first kappa shape index (κ1) is 13.7. The number of anilines is 1. The van der Waals surface area contributed by atoms with Crippen LogP contribution >= 0.6 is 22.6 Å². The number of ether oxygens (including phenoxy) is 1. The molecule has 0 atom stereocenters. The highest BCUT2D eigenvalue weighted by molar-refractivity contribution is 14.1. The van der Waals surface area contributed by atoms with Gasteiger partial charge in [0.2, 0.25) is 0 Å². The number of aromatic carboxylic acids is 1. The topological polar surface area (TPSA) is 72.5 Å². The summed E-state index contributed by atoms with van der Waals surface area (Å²) in [5.41, 5.74) is 6.73. The number of carboxylic acid groups (broad SMARTS) is 1. The molecule has 98 valence electrons. The van der Waals surface area contributed by atoms with Gasteiger partial charge in [-0.15, -0.1) is 0 Å². The second kappa shape index (κ2) is 5.48. The molecular formula is C14H12INO3. The van der Waals surface area contributed by atoms with Crippen molar-refractivity contribution < 1.29 is 14.6 Å². The van der Waals surface area contributed by atoms with E-state index in [2.05, 4.69) is 22.6 Å². The number of nitrogens with two attached hydrogens (primary N) is 1. The molecule has 4 nitrogen and oxygen atoms in total. The van der Waals surface area contributed by atoms with Gasteiger partial charge in [0.25, 0.3) is 0 Å². The molecule has 0 unspecified atom stereocenters. The first-order valence-electron chi connectivity index (χ1n) is 5.54. The molecule has 3 N–H and O–H groups in total. The van der Waals surface area contributed by atoms with Crippen LogP contribution in [0.3, 0.4) is 0 Å². The lowest BCUT2D eigenvalue weighted by Gasteiger charge is -2.10. The first-order valence-corrected chi connectivity index (χ1v) is 6.62. The first-order chi connectivity index (χ1) is 8.97. The average molecular weight is 369 g/mol. The number of aryl methyl sites for hydroxylation is 1. The van der Waals surface area contributed by atoms with Crippen LogP contribution in [-0.4, -0.2) is 11.1 Å². The van der Waals surface area contributed by atoms with E-state index in [1.807, 2.05) is 24.3 Å². The van der Waals surface area contributed by atoms with Crippen LogP contribution in [0.5, 0.6) is 11.5 Å². The lowest BCUT2D eigenvalue weighted by molar-refractivity contribution is 0.0697.